The third kappa shape index (κ3) is 6.67. The number of aryl methyl sites for hydroxylation is 2. The van der Waals surface area contributed by atoms with Crippen molar-refractivity contribution in [2.45, 2.75) is 32.9 Å². The molecule has 0 aliphatic heterocycles. The van der Waals surface area contributed by atoms with Crippen LogP contribution in [0.25, 0.3) is 0 Å². The molecule has 1 heterocycles. The Morgan fingerprint density at radius 3 is 2.43 bits per heavy atom. The molecule has 30 heavy (non-hydrogen) atoms. The van der Waals surface area contributed by atoms with Gasteiger partial charge in [0.1, 0.15) is 0 Å². The van der Waals surface area contributed by atoms with Crippen LogP contribution in [-0.2, 0) is 23.8 Å². The number of carbonyl (C=O) groups excluding carboxylic acids is 1. The standard InChI is InChI=1S/C14H12F3NO2S.C8H9Br/c1-8-3-4-10(14(15,16)17)5-9(8)6-12-18-11(7-21-12)13(19)20-2;1-2-7-5-3-4-6-8(7)9/h3-5,7H,6H2,1-2H3;3-6H,2H2,1H3. The number of methoxy groups -OCH3 is 1. The van der Waals surface area contributed by atoms with Gasteiger partial charge in [0.15, 0.2) is 5.69 Å². The van der Waals surface area contributed by atoms with E-state index < -0.39 is 17.7 Å². The van der Waals surface area contributed by atoms with Crippen LogP contribution in [0.5, 0.6) is 0 Å². The molecule has 2 aromatic carbocycles. The maximum atomic E-state index is 12.7. The average molecular weight is 500 g/mol. The third-order valence-electron chi connectivity index (χ3n) is 4.30. The minimum Gasteiger partial charge on any atom is -0.464 e. The van der Waals surface area contributed by atoms with Gasteiger partial charge in [-0.25, -0.2) is 9.78 Å². The number of hydrogen-bond acceptors (Lipinski definition) is 4. The average Bonchev–Trinajstić information content (AvgIpc) is 3.17. The van der Waals surface area contributed by atoms with Gasteiger partial charge >= 0.3 is 12.1 Å². The molecule has 0 saturated heterocycles. The number of aromatic nitrogens is 1. The van der Waals surface area contributed by atoms with Crippen molar-refractivity contribution in [3.05, 3.63) is 85.3 Å². The Morgan fingerprint density at radius 1 is 1.17 bits per heavy atom. The minimum absolute atomic E-state index is 0.169. The summed E-state index contributed by atoms with van der Waals surface area (Å²) in [6.07, 6.45) is -3.03. The molecule has 0 aliphatic rings. The fourth-order valence-corrected chi connectivity index (χ4v) is 3.93. The maximum Gasteiger partial charge on any atom is 0.416 e. The summed E-state index contributed by atoms with van der Waals surface area (Å²) in [4.78, 5) is 15.4. The lowest BCUT2D eigenvalue weighted by atomic mass is 10.0. The molecule has 3 nitrogen and oxygen atoms in total. The van der Waals surface area contributed by atoms with Crippen molar-refractivity contribution in [1.29, 1.82) is 0 Å². The van der Waals surface area contributed by atoms with Gasteiger partial charge in [-0.1, -0.05) is 47.1 Å². The van der Waals surface area contributed by atoms with Gasteiger partial charge < -0.3 is 4.74 Å². The number of hydrogen-bond donors (Lipinski definition) is 0. The molecule has 1 aromatic heterocycles. The fraction of sp³-hybridized carbons (Fsp3) is 0.273. The molecule has 0 fully saturated rings. The lowest BCUT2D eigenvalue weighted by Crippen LogP contribution is -2.06. The fourth-order valence-electron chi connectivity index (χ4n) is 2.58. The van der Waals surface area contributed by atoms with Crippen molar-refractivity contribution in [2.75, 3.05) is 7.11 Å². The number of thiazole rings is 1. The molecule has 0 N–H and O–H groups in total. The second-order valence-corrected chi connectivity index (χ2v) is 8.18. The molecule has 160 valence electrons. The molecule has 0 aliphatic carbocycles. The summed E-state index contributed by atoms with van der Waals surface area (Å²) in [7, 11) is 1.25. The van der Waals surface area contributed by atoms with Crippen LogP contribution in [0, 0.1) is 6.92 Å². The van der Waals surface area contributed by atoms with Crippen LogP contribution in [0.4, 0.5) is 13.2 Å². The third-order valence-corrected chi connectivity index (χ3v) is 5.93. The predicted molar refractivity (Wildman–Crippen MR) is 116 cm³/mol. The Kier molecular flexibility index (Phi) is 8.61. The Morgan fingerprint density at radius 2 is 1.87 bits per heavy atom. The number of nitrogens with zero attached hydrogens (tertiary/aromatic N) is 1. The van der Waals surface area contributed by atoms with E-state index in [0.717, 1.165) is 24.1 Å². The van der Waals surface area contributed by atoms with Crippen LogP contribution in [0.3, 0.4) is 0 Å². The summed E-state index contributed by atoms with van der Waals surface area (Å²) >= 11 is 4.67. The monoisotopic (exact) mass is 499 g/mol. The number of alkyl halides is 3. The SMILES string of the molecule is CCc1ccccc1Br.COC(=O)c1csc(Cc2cc(C(F)(F)F)ccc2C)n1. The summed E-state index contributed by atoms with van der Waals surface area (Å²) in [5.74, 6) is -0.557. The molecule has 0 unspecified atom stereocenters. The summed E-state index contributed by atoms with van der Waals surface area (Å²) in [6, 6.07) is 11.9. The molecule has 0 atom stereocenters. The number of carbonyl (C=O) groups is 1. The van der Waals surface area contributed by atoms with E-state index in [-0.39, 0.29) is 12.1 Å². The second-order valence-electron chi connectivity index (χ2n) is 6.38. The van der Waals surface area contributed by atoms with Gasteiger partial charge in [-0.2, -0.15) is 13.2 Å². The first-order valence-corrected chi connectivity index (χ1v) is 10.8. The van der Waals surface area contributed by atoms with Crippen LogP contribution in [0.15, 0.2) is 52.3 Å². The number of halogens is 4. The van der Waals surface area contributed by atoms with Crippen molar-refractivity contribution in [3.63, 3.8) is 0 Å². The van der Waals surface area contributed by atoms with Crippen molar-refractivity contribution >= 4 is 33.2 Å². The molecule has 0 spiro atoms. The van der Waals surface area contributed by atoms with Gasteiger partial charge in [-0.05, 0) is 48.2 Å². The molecule has 3 aromatic rings. The van der Waals surface area contributed by atoms with Crippen LogP contribution < -0.4 is 0 Å². The minimum atomic E-state index is -4.37. The van der Waals surface area contributed by atoms with Crippen LogP contribution in [0.2, 0.25) is 0 Å². The van der Waals surface area contributed by atoms with E-state index in [4.69, 9.17) is 0 Å². The van der Waals surface area contributed by atoms with E-state index in [1.807, 2.05) is 6.07 Å². The summed E-state index contributed by atoms with van der Waals surface area (Å²) in [6.45, 7) is 3.89. The Hall–Kier alpha value is -2.19. The molecular formula is C22H21BrF3NO2S. The topological polar surface area (TPSA) is 39.2 Å². The molecule has 0 bridgehead atoms. The van der Waals surface area contributed by atoms with Gasteiger partial charge in [0.2, 0.25) is 0 Å². The Balaban J connectivity index is 0.000000297. The lowest BCUT2D eigenvalue weighted by molar-refractivity contribution is -0.137. The molecule has 0 radical (unpaired) electrons. The maximum absolute atomic E-state index is 12.7. The number of benzene rings is 2. The zero-order chi connectivity index (χ0) is 22.3. The van der Waals surface area contributed by atoms with Crippen molar-refractivity contribution < 1.29 is 22.7 Å². The first kappa shape index (κ1) is 24.1. The van der Waals surface area contributed by atoms with Crippen LogP contribution in [-0.4, -0.2) is 18.1 Å². The van der Waals surface area contributed by atoms with Crippen molar-refractivity contribution in [3.8, 4) is 0 Å². The van der Waals surface area contributed by atoms with Gasteiger partial charge in [-0.3, -0.25) is 0 Å². The van der Waals surface area contributed by atoms with E-state index in [0.29, 0.717) is 10.6 Å². The van der Waals surface area contributed by atoms with Gasteiger partial charge in [0, 0.05) is 16.3 Å². The number of rotatable bonds is 4. The molecular weight excluding hydrogens is 479 g/mol. The van der Waals surface area contributed by atoms with E-state index >= 15 is 0 Å². The van der Waals surface area contributed by atoms with E-state index in [1.165, 1.54) is 39.9 Å². The number of esters is 1. The van der Waals surface area contributed by atoms with Gasteiger partial charge in [-0.15, -0.1) is 11.3 Å². The van der Waals surface area contributed by atoms with Crippen LogP contribution in [0.1, 0.15) is 44.7 Å². The van der Waals surface area contributed by atoms with Gasteiger partial charge in [0.25, 0.3) is 0 Å². The highest BCUT2D eigenvalue weighted by Gasteiger charge is 2.30. The van der Waals surface area contributed by atoms with Gasteiger partial charge in [0.05, 0.1) is 17.7 Å². The Bertz CT molecular complexity index is 1000. The van der Waals surface area contributed by atoms with Crippen molar-refractivity contribution in [1.82, 2.24) is 4.98 Å². The zero-order valence-electron chi connectivity index (χ0n) is 16.7. The summed E-state index contributed by atoms with van der Waals surface area (Å²) < 4.78 is 43.9. The molecule has 0 saturated carbocycles. The summed E-state index contributed by atoms with van der Waals surface area (Å²) in [5.41, 5.74) is 2.14. The first-order chi connectivity index (χ1) is 14.2. The molecule has 0 amide bonds. The van der Waals surface area contributed by atoms with Crippen LogP contribution >= 0.6 is 27.3 Å². The zero-order valence-corrected chi connectivity index (χ0v) is 19.1. The normalized spacial score (nSPS) is 10.9. The Labute approximate surface area is 186 Å². The smallest absolute Gasteiger partial charge is 0.416 e. The quantitative estimate of drug-likeness (QED) is 0.368. The first-order valence-electron chi connectivity index (χ1n) is 9.08. The predicted octanol–water partition coefficient (Wildman–Crippen LogP) is 6.86. The molecule has 8 heteroatoms. The second kappa shape index (κ2) is 10.7. The van der Waals surface area contributed by atoms with E-state index in [2.05, 4.69) is 50.8 Å². The van der Waals surface area contributed by atoms with E-state index in [1.54, 1.807) is 6.92 Å². The van der Waals surface area contributed by atoms with Crippen molar-refractivity contribution in [2.24, 2.45) is 0 Å². The summed E-state index contributed by atoms with van der Waals surface area (Å²) in [5, 5.41) is 2.10. The highest BCUT2D eigenvalue weighted by Crippen LogP contribution is 2.31. The number of ether oxygens (including phenoxy) is 1. The highest BCUT2D eigenvalue weighted by atomic mass is 79.9. The lowest BCUT2D eigenvalue weighted by Gasteiger charge is -2.10. The molecule has 3 rings (SSSR count). The van der Waals surface area contributed by atoms with E-state index in [9.17, 15) is 18.0 Å². The largest absolute Gasteiger partial charge is 0.464 e. The highest BCUT2D eigenvalue weighted by molar-refractivity contribution is 9.10.